The minimum absolute atomic E-state index is 0.165. The van der Waals surface area contributed by atoms with Gasteiger partial charge in [-0.15, -0.1) is 0 Å². The third-order valence-electron chi connectivity index (χ3n) is 4.31. The quantitative estimate of drug-likeness (QED) is 0.496. The first kappa shape index (κ1) is 15.8. The van der Waals surface area contributed by atoms with Gasteiger partial charge in [0.05, 0.1) is 12.8 Å². The standard InChI is InChI=1S/C17H17ClN2O3/c1-23-17(21)16-13-5-3-2-4-12(15(13)20-22)14(19-16)10-6-8-11(18)9-7-10/h2-9,12-14,16,19,22H,1H3/t12-,13-,14+,16+/m0/s1. The molecule has 1 saturated heterocycles. The zero-order valence-electron chi connectivity index (χ0n) is 12.5. The molecule has 2 aliphatic rings. The average Bonchev–Trinajstić information content (AvgIpc) is 2.73. The Morgan fingerprint density at radius 1 is 1.22 bits per heavy atom. The summed E-state index contributed by atoms with van der Waals surface area (Å²) in [6.07, 6.45) is 7.57. The van der Waals surface area contributed by atoms with Crippen molar-refractivity contribution >= 4 is 23.3 Å². The molecule has 0 spiro atoms. The Hall–Kier alpha value is -2.11. The van der Waals surface area contributed by atoms with E-state index in [1.807, 2.05) is 36.4 Å². The first-order valence-corrected chi connectivity index (χ1v) is 7.69. The van der Waals surface area contributed by atoms with Crippen molar-refractivity contribution in [3.63, 3.8) is 0 Å². The molecule has 4 atom stereocenters. The second-order valence-corrected chi connectivity index (χ2v) is 5.98. The van der Waals surface area contributed by atoms with Crippen LogP contribution in [-0.4, -0.2) is 30.0 Å². The number of carbonyl (C=O) groups excluding carboxylic acids is 1. The molecule has 1 aliphatic heterocycles. The minimum Gasteiger partial charge on any atom is -0.468 e. The number of hydrogen-bond acceptors (Lipinski definition) is 5. The number of methoxy groups -OCH3 is 1. The molecule has 5 nitrogen and oxygen atoms in total. The summed E-state index contributed by atoms with van der Waals surface area (Å²) in [6.45, 7) is 0. The zero-order valence-corrected chi connectivity index (χ0v) is 13.3. The number of allylic oxidation sites excluding steroid dienone is 2. The third-order valence-corrected chi connectivity index (χ3v) is 4.56. The smallest absolute Gasteiger partial charge is 0.323 e. The van der Waals surface area contributed by atoms with E-state index in [2.05, 4.69) is 10.5 Å². The fraction of sp³-hybridized carbons (Fsp3) is 0.294. The summed E-state index contributed by atoms with van der Waals surface area (Å²) in [5.41, 5.74) is 1.50. The lowest BCUT2D eigenvalue weighted by molar-refractivity contribution is -0.144. The van der Waals surface area contributed by atoms with Gasteiger partial charge in [-0.1, -0.05) is 53.2 Å². The van der Waals surface area contributed by atoms with Crippen molar-refractivity contribution in [3.8, 4) is 0 Å². The Morgan fingerprint density at radius 3 is 2.48 bits per heavy atom. The molecule has 0 radical (unpaired) electrons. The molecule has 0 amide bonds. The van der Waals surface area contributed by atoms with Gasteiger partial charge >= 0.3 is 5.97 Å². The molecule has 2 bridgehead atoms. The number of halogens is 1. The molecule has 0 unspecified atom stereocenters. The number of oxime groups is 1. The van der Waals surface area contributed by atoms with Crippen LogP contribution in [0.4, 0.5) is 0 Å². The van der Waals surface area contributed by atoms with Gasteiger partial charge in [0, 0.05) is 22.9 Å². The van der Waals surface area contributed by atoms with Crippen LogP contribution < -0.4 is 5.32 Å². The van der Waals surface area contributed by atoms with E-state index < -0.39 is 6.04 Å². The highest BCUT2D eigenvalue weighted by molar-refractivity contribution is 6.30. The van der Waals surface area contributed by atoms with Crippen molar-refractivity contribution in [1.82, 2.24) is 5.32 Å². The van der Waals surface area contributed by atoms with Crippen LogP contribution in [0.2, 0.25) is 5.02 Å². The van der Waals surface area contributed by atoms with Gasteiger partial charge < -0.3 is 9.94 Å². The van der Waals surface area contributed by atoms with E-state index in [1.54, 1.807) is 12.1 Å². The van der Waals surface area contributed by atoms with Crippen LogP contribution in [0, 0.1) is 11.8 Å². The molecule has 23 heavy (non-hydrogen) atoms. The highest BCUT2D eigenvalue weighted by Crippen LogP contribution is 2.36. The fourth-order valence-corrected chi connectivity index (χ4v) is 3.33. The average molecular weight is 333 g/mol. The van der Waals surface area contributed by atoms with Gasteiger partial charge in [-0.2, -0.15) is 0 Å². The second kappa shape index (κ2) is 6.56. The topological polar surface area (TPSA) is 70.9 Å². The van der Waals surface area contributed by atoms with Crippen molar-refractivity contribution in [2.75, 3.05) is 7.11 Å². The summed E-state index contributed by atoms with van der Waals surface area (Å²) in [4.78, 5) is 12.2. The summed E-state index contributed by atoms with van der Waals surface area (Å²) in [6, 6.07) is 6.57. The summed E-state index contributed by atoms with van der Waals surface area (Å²) in [5.74, 6) is -0.904. The van der Waals surface area contributed by atoms with Gasteiger partial charge in [-0.25, -0.2) is 0 Å². The van der Waals surface area contributed by atoms with Crippen LogP contribution in [0.15, 0.2) is 53.7 Å². The predicted molar refractivity (Wildman–Crippen MR) is 87.6 cm³/mol. The number of hydrogen-bond donors (Lipinski definition) is 2. The number of fused-ring (bicyclic) bond motifs is 2. The molecule has 3 rings (SSSR count). The molecule has 120 valence electrons. The van der Waals surface area contributed by atoms with E-state index in [1.165, 1.54) is 7.11 Å². The molecule has 6 heteroatoms. The molecule has 0 saturated carbocycles. The van der Waals surface area contributed by atoms with Gasteiger partial charge in [0.25, 0.3) is 0 Å². The molecule has 1 fully saturated rings. The molecular formula is C17H17ClN2O3. The maximum Gasteiger partial charge on any atom is 0.323 e. The Balaban J connectivity index is 2.05. The van der Waals surface area contributed by atoms with E-state index in [-0.39, 0.29) is 23.8 Å². The molecule has 0 aromatic heterocycles. The second-order valence-electron chi connectivity index (χ2n) is 5.54. The van der Waals surface area contributed by atoms with Gasteiger partial charge in [-0.3, -0.25) is 10.1 Å². The highest BCUT2D eigenvalue weighted by Gasteiger charge is 2.44. The predicted octanol–water partition coefficient (Wildman–Crippen LogP) is 2.71. The van der Waals surface area contributed by atoms with E-state index in [9.17, 15) is 10.0 Å². The van der Waals surface area contributed by atoms with Crippen LogP contribution in [-0.2, 0) is 9.53 Å². The molecule has 1 aromatic carbocycles. The van der Waals surface area contributed by atoms with Crippen molar-refractivity contribution in [2.24, 2.45) is 17.0 Å². The monoisotopic (exact) mass is 332 g/mol. The van der Waals surface area contributed by atoms with Crippen LogP contribution >= 0.6 is 11.6 Å². The number of nitrogens with one attached hydrogen (secondary N) is 1. The number of carbonyl (C=O) groups is 1. The number of nitrogens with zero attached hydrogens (tertiary/aromatic N) is 1. The van der Waals surface area contributed by atoms with E-state index in [0.29, 0.717) is 10.7 Å². The molecule has 2 N–H and O–H groups in total. The summed E-state index contributed by atoms with van der Waals surface area (Å²) < 4.78 is 4.90. The number of benzene rings is 1. The van der Waals surface area contributed by atoms with Crippen LogP contribution in [0.5, 0.6) is 0 Å². The lowest BCUT2D eigenvalue weighted by Gasteiger charge is -2.39. The highest BCUT2D eigenvalue weighted by atomic mass is 35.5. The largest absolute Gasteiger partial charge is 0.468 e. The van der Waals surface area contributed by atoms with Crippen LogP contribution in [0.3, 0.4) is 0 Å². The minimum atomic E-state index is -0.612. The number of esters is 1. The van der Waals surface area contributed by atoms with Crippen molar-refractivity contribution in [3.05, 3.63) is 59.2 Å². The first-order valence-electron chi connectivity index (χ1n) is 7.32. The van der Waals surface area contributed by atoms with Crippen molar-refractivity contribution < 1.29 is 14.7 Å². The maximum absolute atomic E-state index is 12.2. The molecule has 1 aromatic rings. The van der Waals surface area contributed by atoms with Crippen LogP contribution in [0.25, 0.3) is 0 Å². The van der Waals surface area contributed by atoms with Gasteiger partial charge in [0.2, 0.25) is 0 Å². The maximum atomic E-state index is 12.2. The number of ether oxygens (including phenoxy) is 1. The first-order chi connectivity index (χ1) is 11.2. The van der Waals surface area contributed by atoms with Gasteiger partial charge in [0.15, 0.2) is 0 Å². The van der Waals surface area contributed by atoms with Gasteiger partial charge in [-0.05, 0) is 17.7 Å². The SMILES string of the molecule is COC(=O)[C@@H]1N[C@H](c2ccc(Cl)cc2)[C@@H]2C=CC=C[C@H]1C2=NO. The van der Waals surface area contributed by atoms with Crippen LogP contribution in [0.1, 0.15) is 11.6 Å². The summed E-state index contributed by atoms with van der Waals surface area (Å²) >= 11 is 5.96. The normalized spacial score (nSPS) is 31.0. The lowest BCUT2D eigenvalue weighted by Crippen LogP contribution is -2.55. The molecular weight excluding hydrogens is 316 g/mol. The molecule has 1 aliphatic carbocycles. The third kappa shape index (κ3) is 2.90. The Kier molecular flexibility index (Phi) is 4.50. The Bertz CT molecular complexity index is 682. The van der Waals surface area contributed by atoms with E-state index >= 15 is 0 Å². The fourth-order valence-electron chi connectivity index (χ4n) is 3.20. The summed E-state index contributed by atoms with van der Waals surface area (Å²) in [5, 5.41) is 17.0. The summed E-state index contributed by atoms with van der Waals surface area (Å²) in [7, 11) is 1.35. The lowest BCUT2D eigenvalue weighted by atomic mass is 9.76. The number of piperidine rings is 1. The van der Waals surface area contributed by atoms with E-state index in [4.69, 9.17) is 16.3 Å². The number of rotatable bonds is 2. The van der Waals surface area contributed by atoms with Crippen molar-refractivity contribution in [1.29, 1.82) is 0 Å². The Morgan fingerprint density at radius 2 is 1.87 bits per heavy atom. The zero-order chi connectivity index (χ0) is 16.4. The van der Waals surface area contributed by atoms with Gasteiger partial charge in [0.1, 0.15) is 6.04 Å². The van der Waals surface area contributed by atoms with E-state index in [0.717, 1.165) is 5.56 Å². The van der Waals surface area contributed by atoms with Crippen molar-refractivity contribution in [2.45, 2.75) is 12.1 Å². The molecule has 1 heterocycles. The Labute approximate surface area is 139 Å².